The fraction of sp³-hybridized carbons (Fsp3) is 0.333. The minimum Gasteiger partial charge on any atom is -0.360 e. The lowest BCUT2D eigenvalue weighted by Crippen LogP contribution is -2.13. The predicted molar refractivity (Wildman–Crippen MR) is 61.3 cm³/mol. The van der Waals surface area contributed by atoms with Gasteiger partial charge in [-0.25, -0.2) is 0 Å². The van der Waals surface area contributed by atoms with E-state index in [0.29, 0.717) is 0 Å². The van der Waals surface area contributed by atoms with E-state index < -0.39 is 0 Å². The van der Waals surface area contributed by atoms with Crippen molar-refractivity contribution in [2.24, 2.45) is 0 Å². The van der Waals surface area contributed by atoms with Gasteiger partial charge in [0, 0.05) is 4.90 Å². The predicted octanol–water partition coefficient (Wildman–Crippen LogP) is 3.56. The van der Waals surface area contributed by atoms with Gasteiger partial charge in [-0.05, 0) is 31.6 Å². The smallest absolute Gasteiger partial charge is 0.126 e. The van der Waals surface area contributed by atoms with Crippen LogP contribution in [0.25, 0.3) is 6.08 Å². The average Bonchev–Trinajstić information content (AvgIpc) is 2.17. The SMILES string of the molecule is CC(C)O[C@H]1C=Cc2ccccc2S1. The maximum Gasteiger partial charge on any atom is 0.126 e. The minimum absolute atomic E-state index is 0.171. The molecule has 1 heterocycles. The van der Waals surface area contributed by atoms with Crippen molar-refractivity contribution >= 4 is 17.8 Å². The standard InChI is InChI=1S/C12H14OS/c1-9(2)13-12-8-7-10-5-3-4-6-11(10)14-12/h3-9,12H,1-2H3/t12-/m1/s1. The Morgan fingerprint density at radius 1 is 1.29 bits per heavy atom. The van der Waals surface area contributed by atoms with E-state index in [1.54, 1.807) is 11.8 Å². The fourth-order valence-electron chi connectivity index (χ4n) is 1.41. The van der Waals surface area contributed by atoms with Crippen LogP contribution in [0, 0.1) is 0 Å². The molecule has 0 aromatic heterocycles. The molecular formula is C12H14OS. The van der Waals surface area contributed by atoms with Crippen molar-refractivity contribution in [3.63, 3.8) is 0 Å². The van der Waals surface area contributed by atoms with E-state index >= 15 is 0 Å². The first-order valence-corrected chi connectivity index (χ1v) is 5.73. The van der Waals surface area contributed by atoms with Gasteiger partial charge >= 0.3 is 0 Å². The van der Waals surface area contributed by atoms with Gasteiger partial charge in [-0.3, -0.25) is 0 Å². The summed E-state index contributed by atoms with van der Waals surface area (Å²) in [4.78, 5) is 1.31. The van der Waals surface area contributed by atoms with Gasteiger partial charge in [0.2, 0.25) is 0 Å². The molecule has 14 heavy (non-hydrogen) atoms. The molecule has 0 spiro atoms. The summed E-state index contributed by atoms with van der Waals surface area (Å²) in [6.07, 6.45) is 4.54. The van der Waals surface area contributed by atoms with Crippen LogP contribution in [0.1, 0.15) is 19.4 Å². The zero-order valence-electron chi connectivity index (χ0n) is 8.44. The summed E-state index contributed by atoms with van der Waals surface area (Å²) >= 11 is 1.78. The van der Waals surface area contributed by atoms with Crippen LogP contribution in [-0.2, 0) is 4.74 Å². The highest BCUT2D eigenvalue weighted by Crippen LogP contribution is 2.33. The molecule has 0 N–H and O–H groups in total. The highest BCUT2D eigenvalue weighted by Gasteiger charge is 2.14. The molecule has 1 atom stereocenters. The number of benzene rings is 1. The summed E-state index contributed by atoms with van der Waals surface area (Å²) in [6.45, 7) is 4.13. The van der Waals surface area contributed by atoms with Crippen molar-refractivity contribution in [3.05, 3.63) is 35.9 Å². The maximum atomic E-state index is 5.72. The summed E-state index contributed by atoms with van der Waals surface area (Å²) in [5.41, 5.74) is 1.46. The Balaban J connectivity index is 2.13. The Labute approximate surface area is 89.2 Å². The zero-order valence-corrected chi connectivity index (χ0v) is 9.25. The molecule has 1 aromatic carbocycles. The molecule has 0 aliphatic carbocycles. The molecule has 1 aliphatic heterocycles. The summed E-state index contributed by atoms with van der Waals surface area (Å²) in [5.74, 6) is 0. The van der Waals surface area contributed by atoms with E-state index in [1.165, 1.54) is 10.5 Å². The van der Waals surface area contributed by atoms with E-state index in [2.05, 4.69) is 50.3 Å². The van der Waals surface area contributed by atoms with Crippen molar-refractivity contribution in [2.45, 2.75) is 30.3 Å². The monoisotopic (exact) mass is 206 g/mol. The number of ether oxygens (including phenoxy) is 1. The van der Waals surface area contributed by atoms with E-state index in [1.807, 2.05) is 0 Å². The second-order valence-electron chi connectivity index (χ2n) is 3.57. The molecule has 0 radical (unpaired) electrons. The molecule has 1 aliphatic rings. The van der Waals surface area contributed by atoms with Crippen LogP contribution in [0.2, 0.25) is 0 Å². The molecule has 0 fully saturated rings. The zero-order chi connectivity index (χ0) is 9.97. The first-order valence-electron chi connectivity index (χ1n) is 4.85. The second-order valence-corrected chi connectivity index (χ2v) is 4.71. The van der Waals surface area contributed by atoms with Crippen LogP contribution < -0.4 is 0 Å². The van der Waals surface area contributed by atoms with Crippen molar-refractivity contribution < 1.29 is 4.74 Å². The molecule has 74 valence electrons. The number of thioether (sulfide) groups is 1. The Morgan fingerprint density at radius 2 is 2.07 bits per heavy atom. The summed E-state index contributed by atoms with van der Waals surface area (Å²) in [5, 5.41) is 0. The van der Waals surface area contributed by atoms with Gasteiger partial charge in [-0.2, -0.15) is 0 Å². The minimum atomic E-state index is 0.171. The number of fused-ring (bicyclic) bond motifs is 1. The third-order valence-electron chi connectivity index (χ3n) is 2.00. The highest BCUT2D eigenvalue weighted by molar-refractivity contribution is 8.00. The molecule has 1 nitrogen and oxygen atoms in total. The van der Waals surface area contributed by atoms with E-state index in [-0.39, 0.29) is 11.5 Å². The molecule has 0 unspecified atom stereocenters. The van der Waals surface area contributed by atoms with E-state index in [9.17, 15) is 0 Å². The van der Waals surface area contributed by atoms with Gasteiger partial charge in [0.05, 0.1) is 6.10 Å². The van der Waals surface area contributed by atoms with Crippen LogP contribution in [0.3, 0.4) is 0 Å². The Morgan fingerprint density at radius 3 is 2.86 bits per heavy atom. The van der Waals surface area contributed by atoms with Gasteiger partial charge in [0.25, 0.3) is 0 Å². The van der Waals surface area contributed by atoms with Gasteiger partial charge in [-0.15, -0.1) is 0 Å². The van der Waals surface area contributed by atoms with Crippen LogP contribution >= 0.6 is 11.8 Å². The molecule has 0 amide bonds. The first-order chi connectivity index (χ1) is 6.75. The van der Waals surface area contributed by atoms with Crippen LogP contribution in [0.5, 0.6) is 0 Å². The number of hydrogen-bond donors (Lipinski definition) is 0. The quantitative estimate of drug-likeness (QED) is 0.731. The maximum absolute atomic E-state index is 5.72. The largest absolute Gasteiger partial charge is 0.360 e. The van der Waals surface area contributed by atoms with Gasteiger partial charge in [-0.1, -0.05) is 36.0 Å². The third kappa shape index (κ3) is 2.20. The van der Waals surface area contributed by atoms with Crippen molar-refractivity contribution in [3.8, 4) is 0 Å². The lowest BCUT2D eigenvalue weighted by atomic mass is 10.2. The molecule has 2 heteroatoms. The first kappa shape index (κ1) is 9.81. The molecular weight excluding hydrogens is 192 g/mol. The van der Waals surface area contributed by atoms with Crippen molar-refractivity contribution in [1.82, 2.24) is 0 Å². The van der Waals surface area contributed by atoms with E-state index in [0.717, 1.165) is 0 Å². The van der Waals surface area contributed by atoms with Gasteiger partial charge in [0.15, 0.2) is 0 Å². The fourth-order valence-corrected chi connectivity index (χ4v) is 2.53. The van der Waals surface area contributed by atoms with Crippen molar-refractivity contribution in [1.29, 1.82) is 0 Å². The average molecular weight is 206 g/mol. The van der Waals surface area contributed by atoms with Crippen LogP contribution in [0.4, 0.5) is 0 Å². The van der Waals surface area contributed by atoms with Crippen LogP contribution in [-0.4, -0.2) is 11.5 Å². The topological polar surface area (TPSA) is 9.23 Å². The molecule has 0 saturated carbocycles. The summed E-state index contributed by atoms with van der Waals surface area (Å²) < 4.78 is 5.72. The van der Waals surface area contributed by atoms with Crippen molar-refractivity contribution in [2.75, 3.05) is 0 Å². The summed E-state index contributed by atoms with van der Waals surface area (Å²) in [6, 6.07) is 8.40. The molecule has 0 saturated heterocycles. The van der Waals surface area contributed by atoms with Crippen LogP contribution in [0.15, 0.2) is 35.2 Å². The number of hydrogen-bond acceptors (Lipinski definition) is 2. The lowest BCUT2D eigenvalue weighted by molar-refractivity contribution is 0.0831. The third-order valence-corrected chi connectivity index (χ3v) is 3.13. The molecule has 1 aromatic rings. The molecule has 2 rings (SSSR count). The Bertz CT molecular complexity index is 344. The highest BCUT2D eigenvalue weighted by atomic mass is 32.2. The lowest BCUT2D eigenvalue weighted by Gasteiger charge is -2.21. The summed E-state index contributed by atoms with van der Waals surface area (Å²) in [7, 11) is 0. The molecule has 0 bridgehead atoms. The number of rotatable bonds is 2. The Hall–Kier alpha value is -0.730. The second kappa shape index (κ2) is 4.20. The normalized spacial score (nSPS) is 19.8. The van der Waals surface area contributed by atoms with Gasteiger partial charge in [0.1, 0.15) is 5.44 Å². The van der Waals surface area contributed by atoms with Gasteiger partial charge < -0.3 is 4.74 Å². The Kier molecular flexibility index (Phi) is 2.94. The van der Waals surface area contributed by atoms with E-state index in [4.69, 9.17) is 4.74 Å².